The Morgan fingerprint density at radius 3 is 2.66 bits per heavy atom. The SMILES string of the molecule is O=C(NCc1nc2ccccc2s1)c1cc(-c2ccco2)nn1-c1ccccc1. The minimum Gasteiger partial charge on any atom is -0.463 e. The number of nitrogens with zero attached hydrogens (tertiary/aromatic N) is 3. The number of hydrogen-bond acceptors (Lipinski definition) is 5. The first-order valence-electron chi connectivity index (χ1n) is 9.10. The van der Waals surface area contributed by atoms with E-state index >= 15 is 0 Å². The van der Waals surface area contributed by atoms with Gasteiger partial charge in [0.25, 0.3) is 5.91 Å². The van der Waals surface area contributed by atoms with Crippen molar-refractivity contribution in [3.05, 3.63) is 89.8 Å². The van der Waals surface area contributed by atoms with Gasteiger partial charge in [-0.2, -0.15) is 5.10 Å². The molecule has 0 spiro atoms. The van der Waals surface area contributed by atoms with Crippen LogP contribution in [0.25, 0.3) is 27.4 Å². The Bertz CT molecular complexity index is 1240. The number of para-hydroxylation sites is 2. The predicted octanol–water partition coefficient (Wildman–Crippen LogP) is 4.67. The van der Waals surface area contributed by atoms with Gasteiger partial charge in [0.1, 0.15) is 16.4 Å². The quantitative estimate of drug-likeness (QED) is 0.465. The highest BCUT2D eigenvalue weighted by Crippen LogP contribution is 2.23. The average Bonchev–Trinajstić information content (AvgIpc) is 3.51. The van der Waals surface area contributed by atoms with Crippen molar-refractivity contribution in [3.8, 4) is 17.1 Å². The smallest absolute Gasteiger partial charge is 0.270 e. The molecule has 0 aliphatic rings. The molecule has 0 aliphatic carbocycles. The molecule has 142 valence electrons. The summed E-state index contributed by atoms with van der Waals surface area (Å²) in [5.41, 5.74) is 2.78. The van der Waals surface area contributed by atoms with Crippen LogP contribution in [-0.2, 0) is 6.54 Å². The summed E-state index contributed by atoms with van der Waals surface area (Å²) in [5.74, 6) is 0.387. The molecule has 7 heteroatoms. The fourth-order valence-electron chi connectivity index (χ4n) is 3.10. The molecule has 0 radical (unpaired) electrons. The van der Waals surface area contributed by atoms with Crippen LogP contribution in [0.4, 0.5) is 0 Å². The first kappa shape index (κ1) is 17.4. The molecule has 1 amide bonds. The van der Waals surface area contributed by atoms with Crippen molar-refractivity contribution < 1.29 is 9.21 Å². The average molecular weight is 400 g/mol. The van der Waals surface area contributed by atoms with Crippen molar-refractivity contribution in [3.63, 3.8) is 0 Å². The number of fused-ring (bicyclic) bond motifs is 1. The zero-order valence-corrected chi connectivity index (χ0v) is 16.1. The van der Waals surface area contributed by atoms with Crippen LogP contribution in [0.5, 0.6) is 0 Å². The van der Waals surface area contributed by atoms with Crippen LogP contribution in [0.3, 0.4) is 0 Å². The third-order valence-corrected chi connectivity index (χ3v) is 5.49. The molecule has 2 aromatic carbocycles. The number of aromatic nitrogens is 3. The Kier molecular flexibility index (Phi) is 4.42. The number of furan rings is 1. The minimum absolute atomic E-state index is 0.224. The number of amides is 1. The van der Waals surface area contributed by atoms with Crippen LogP contribution in [0, 0.1) is 0 Å². The fraction of sp³-hybridized carbons (Fsp3) is 0.0455. The van der Waals surface area contributed by atoms with Gasteiger partial charge in [0, 0.05) is 6.07 Å². The van der Waals surface area contributed by atoms with Crippen LogP contribution >= 0.6 is 11.3 Å². The maximum absolute atomic E-state index is 13.0. The highest BCUT2D eigenvalue weighted by Gasteiger charge is 2.19. The molecule has 5 rings (SSSR count). The molecule has 3 aromatic heterocycles. The predicted molar refractivity (Wildman–Crippen MR) is 112 cm³/mol. The lowest BCUT2D eigenvalue weighted by atomic mass is 10.2. The van der Waals surface area contributed by atoms with Crippen molar-refractivity contribution in [1.82, 2.24) is 20.1 Å². The molecule has 6 nitrogen and oxygen atoms in total. The fourth-order valence-corrected chi connectivity index (χ4v) is 4.00. The molecule has 1 N–H and O–H groups in total. The Balaban J connectivity index is 1.44. The van der Waals surface area contributed by atoms with E-state index in [1.165, 1.54) is 0 Å². The van der Waals surface area contributed by atoms with Crippen LogP contribution < -0.4 is 5.32 Å². The van der Waals surface area contributed by atoms with Gasteiger partial charge in [-0.05, 0) is 36.4 Å². The molecule has 0 saturated heterocycles. The second kappa shape index (κ2) is 7.37. The topological polar surface area (TPSA) is 73.0 Å². The standard InChI is InChI=1S/C22H16N4O2S/c27-22(23-14-21-24-16-9-4-5-11-20(16)29-21)18-13-17(19-10-6-12-28-19)25-26(18)15-7-2-1-3-8-15/h1-13H,14H2,(H,23,27). The van der Waals surface area contributed by atoms with Crippen molar-refractivity contribution >= 4 is 27.5 Å². The molecule has 0 saturated carbocycles. The first-order chi connectivity index (χ1) is 14.3. The van der Waals surface area contributed by atoms with Gasteiger partial charge in [-0.1, -0.05) is 30.3 Å². The van der Waals surface area contributed by atoms with Gasteiger partial charge in [0.05, 0.1) is 28.7 Å². The lowest BCUT2D eigenvalue weighted by Crippen LogP contribution is -2.25. The summed E-state index contributed by atoms with van der Waals surface area (Å²) >= 11 is 1.58. The third kappa shape index (κ3) is 3.43. The molecule has 0 unspecified atom stereocenters. The summed E-state index contributed by atoms with van der Waals surface area (Å²) in [6, 6.07) is 22.8. The van der Waals surface area contributed by atoms with E-state index in [-0.39, 0.29) is 5.91 Å². The number of benzene rings is 2. The van der Waals surface area contributed by atoms with E-state index in [0.717, 1.165) is 20.9 Å². The second-order valence-corrected chi connectivity index (χ2v) is 7.51. The largest absolute Gasteiger partial charge is 0.463 e. The van der Waals surface area contributed by atoms with E-state index in [2.05, 4.69) is 15.4 Å². The van der Waals surface area contributed by atoms with Crippen molar-refractivity contribution in [2.24, 2.45) is 0 Å². The van der Waals surface area contributed by atoms with Gasteiger partial charge in [-0.3, -0.25) is 4.79 Å². The monoisotopic (exact) mass is 400 g/mol. The van der Waals surface area contributed by atoms with Crippen LogP contribution in [0.15, 0.2) is 83.5 Å². The molecular weight excluding hydrogens is 384 g/mol. The van der Waals surface area contributed by atoms with E-state index in [1.807, 2.05) is 60.7 Å². The van der Waals surface area contributed by atoms with Crippen molar-refractivity contribution in [1.29, 1.82) is 0 Å². The number of rotatable bonds is 5. The summed E-state index contributed by atoms with van der Waals surface area (Å²) < 4.78 is 8.18. The molecule has 0 aliphatic heterocycles. The molecule has 0 fully saturated rings. The molecular formula is C22H16N4O2S. The van der Waals surface area contributed by atoms with Gasteiger partial charge in [-0.15, -0.1) is 11.3 Å². The number of carbonyl (C=O) groups excluding carboxylic acids is 1. The summed E-state index contributed by atoms with van der Waals surface area (Å²) in [7, 11) is 0. The van der Waals surface area contributed by atoms with Crippen LogP contribution in [-0.4, -0.2) is 20.7 Å². The van der Waals surface area contributed by atoms with Crippen LogP contribution in [0.1, 0.15) is 15.5 Å². The second-order valence-electron chi connectivity index (χ2n) is 6.40. The first-order valence-corrected chi connectivity index (χ1v) is 9.91. The van der Waals surface area contributed by atoms with E-state index in [9.17, 15) is 4.79 Å². The maximum atomic E-state index is 13.0. The summed E-state index contributed by atoms with van der Waals surface area (Å²) in [4.78, 5) is 17.6. The normalized spacial score (nSPS) is 11.0. The number of nitrogens with one attached hydrogen (secondary N) is 1. The van der Waals surface area contributed by atoms with Gasteiger partial charge in [-0.25, -0.2) is 9.67 Å². The summed E-state index contributed by atoms with van der Waals surface area (Å²) in [5, 5.41) is 8.40. The Morgan fingerprint density at radius 2 is 1.86 bits per heavy atom. The van der Waals surface area contributed by atoms with Gasteiger partial charge < -0.3 is 9.73 Å². The van der Waals surface area contributed by atoms with E-state index in [0.29, 0.717) is 23.7 Å². The lowest BCUT2D eigenvalue weighted by Gasteiger charge is -2.07. The minimum atomic E-state index is -0.224. The summed E-state index contributed by atoms with van der Waals surface area (Å²) in [6.07, 6.45) is 1.59. The van der Waals surface area contributed by atoms with Gasteiger partial charge in [0.15, 0.2) is 5.76 Å². The highest BCUT2D eigenvalue weighted by atomic mass is 32.1. The molecule has 0 bridgehead atoms. The highest BCUT2D eigenvalue weighted by molar-refractivity contribution is 7.18. The summed E-state index contributed by atoms with van der Waals surface area (Å²) in [6.45, 7) is 0.355. The van der Waals surface area contributed by atoms with Crippen molar-refractivity contribution in [2.45, 2.75) is 6.54 Å². The number of carbonyl (C=O) groups is 1. The van der Waals surface area contributed by atoms with Gasteiger partial charge >= 0.3 is 0 Å². The van der Waals surface area contributed by atoms with Crippen LogP contribution in [0.2, 0.25) is 0 Å². The maximum Gasteiger partial charge on any atom is 0.270 e. The molecule has 3 heterocycles. The zero-order valence-electron chi connectivity index (χ0n) is 15.3. The van der Waals surface area contributed by atoms with E-state index in [1.54, 1.807) is 34.4 Å². The molecule has 0 atom stereocenters. The molecule has 5 aromatic rings. The Labute approximate surface area is 170 Å². The zero-order chi connectivity index (χ0) is 19.6. The molecule has 29 heavy (non-hydrogen) atoms. The Morgan fingerprint density at radius 1 is 1.03 bits per heavy atom. The van der Waals surface area contributed by atoms with Gasteiger partial charge in [0.2, 0.25) is 0 Å². The number of thiazole rings is 1. The van der Waals surface area contributed by atoms with Crippen molar-refractivity contribution in [2.75, 3.05) is 0 Å². The third-order valence-electron chi connectivity index (χ3n) is 4.45. The van der Waals surface area contributed by atoms with E-state index < -0.39 is 0 Å². The number of hydrogen-bond donors (Lipinski definition) is 1. The lowest BCUT2D eigenvalue weighted by molar-refractivity contribution is 0.0943. The van der Waals surface area contributed by atoms with E-state index in [4.69, 9.17) is 4.42 Å². The Hall–Kier alpha value is -3.71.